The maximum absolute atomic E-state index is 12.7. The van der Waals surface area contributed by atoms with Gasteiger partial charge in [0, 0.05) is 0 Å². The van der Waals surface area contributed by atoms with Crippen molar-refractivity contribution in [2.75, 3.05) is 17.1 Å². The Morgan fingerprint density at radius 1 is 1.18 bits per heavy atom. The van der Waals surface area contributed by atoms with E-state index in [2.05, 4.69) is 11.4 Å². The van der Waals surface area contributed by atoms with Crippen LogP contribution in [-0.2, 0) is 14.8 Å². The second-order valence-corrected chi connectivity index (χ2v) is 9.42. The van der Waals surface area contributed by atoms with Crippen LogP contribution in [0.25, 0.3) is 0 Å². The molecule has 0 aliphatic rings. The number of nitrogens with zero attached hydrogens (tertiary/aromatic N) is 1. The smallest absolute Gasteiger partial charge is 0.241 e. The first-order valence-electron chi connectivity index (χ1n) is 8.82. The number of nitrogens with one attached hydrogen (secondary N) is 1. The molecule has 2 aromatic carbocycles. The lowest BCUT2D eigenvalue weighted by Crippen LogP contribution is -2.41. The fourth-order valence-electron chi connectivity index (χ4n) is 3.05. The van der Waals surface area contributed by atoms with E-state index in [-0.39, 0.29) is 28.3 Å². The number of carbonyl (C=O) groups is 1. The van der Waals surface area contributed by atoms with Gasteiger partial charge in [-0.25, -0.2) is 8.42 Å². The van der Waals surface area contributed by atoms with Gasteiger partial charge in [0.1, 0.15) is 6.54 Å². The lowest BCUT2D eigenvalue weighted by Gasteiger charge is -2.25. The predicted octanol–water partition coefficient (Wildman–Crippen LogP) is 4.64. The van der Waals surface area contributed by atoms with E-state index in [4.69, 9.17) is 23.2 Å². The highest BCUT2D eigenvalue weighted by Gasteiger charge is 2.25. The standard InChI is InChI=1S/C20H24Cl2N2O3S/c1-5-17(15-10-9-13(2)11-14(15)3)23-19(25)12-24(28(4,26)27)18-8-6-7-16(21)20(18)22/h6-11,17H,5,12H2,1-4H3,(H,23,25)/t17-/m0/s1. The van der Waals surface area contributed by atoms with Crippen LogP contribution in [0.3, 0.4) is 0 Å². The molecule has 28 heavy (non-hydrogen) atoms. The second kappa shape index (κ2) is 9.16. The molecule has 0 radical (unpaired) electrons. The van der Waals surface area contributed by atoms with Gasteiger partial charge < -0.3 is 5.32 Å². The van der Waals surface area contributed by atoms with Gasteiger partial charge in [0.25, 0.3) is 0 Å². The summed E-state index contributed by atoms with van der Waals surface area (Å²) in [6, 6.07) is 10.5. The Morgan fingerprint density at radius 2 is 1.86 bits per heavy atom. The van der Waals surface area contributed by atoms with Crippen LogP contribution in [0.2, 0.25) is 10.0 Å². The van der Waals surface area contributed by atoms with Crippen LogP contribution in [0.4, 0.5) is 5.69 Å². The number of hydrogen-bond acceptors (Lipinski definition) is 3. The summed E-state index contributed by atoms with van der Waals surface area (Å²) in [5.41, 5.74) is 3.39. The molecule has 0 fully saturated rings. The van der Waals surface area contributed by atoms with Crippen molar-refractivity contribution in [2.24, 2.45) is 0 Å². The Kier molecular flexibility index (Phi) is 7.37. The Hall–Kier alpha value is -1.76. The van der Waals surface area contributed by atoms with Crippen molar-refractivity contribution in [1.29, 1.82) is 0 Å². The van der Waals surface area contributed by atoms with Crippen molar-refractivity contribution in [3.63, 3.8) is 0 Å². The SMILES string of the molecule is CC[C@H](NC(=O)CN(c1cccc(Cl)c1Cl)S(C)(=O)=O)c1ccc(C)cc1C. The van der Waals surface area contributed by atoms with Gasteiger partial charge in [0.2, 0.25) is 15.9 Å². The number of amides is 1. The summed E-state index contributed by atoms with van der Waals surface area (Å²) < 4.78 is 25.5. The summed E-state index contributed by atoms with van der Waals surface area (Å²) in [5.74, 6) is -0.423. The third kappa shape index (κ3) is 5.40. The van der Waals surface area contributed by atoms with Crippen LogP contribution in [0.15, 0.2) is 36.4 Å². The van der Waals surface area contributed by atoms with E-state index in [0.29, 0.717) is 6.42 Å². The van der Waals surface area contributed by atoms with Crippen molar-refractivity contribution in [3.05, 3.63) is 63.1 Å². The zero-order valence-corrected chi connectivity index (χ0v) is 18.6. The lowest BCUT2D eigenvalue weighted by molar-refractivity contribution is -0.120. The molecule has 152 valence electrons. The minimum absolute atomic E-state index is 0.0869. The highest BCUT2D eigenvalue weighted by molar-refractivity contribution is 7.92. The fraction of sp³-hybridized carbons (Fsp3) is 0.350. The number of benzene rings is 2. The second-order valence-electron chi connectivity index (χ2n) is 6.73. The molecule has 2 aromatic rings. The Bertz CT molecular complexity index is 977. The van der Waals surface area contributed by atoms with E-state index < -0.39 is 15.9 Å². The number of hydrogen-bond donors (Lipinski definition) is 1. The van der Waals surface area contributed by atoms with Crippen LogP contribution in [-0.4, -0.2) is 27.1 Å². The van der Waals surface area contributed by atoms with Gasteiger partial charge in [-0.15, -0.1) is 0 Å². The minimum atomic E-state index is -3.74. The molecule has 0 bridgehead atoms. The molecule has 0 aliphatic carbocycles. The average molecular weight is 443 g/mol. The first-order chi connectivity index (χ1) is 13.0. The molecule has 0 spiro atoms. The fourth-order valence-corrected chi connectivity index (χ4v) is 4.36. The number of sulfonamides is 1. The van der Waals surface area contributed by atoms with Crippen molar-refractivity contribution >= 4 is 44.8 Å². The van der Waals surface area contributed by atoms with E-state index in [0.717, 1.165) is 27.3 Å². The minimum Gasteiger partial charge on any atom is -0.348 e. The van der Waals surface area contributed by atoms with E-state index in [1.165, 1.54) is 6.07 Å². The highest BCUT2D eigenvalue weighted by atomic mass is 35.5. The van der Waals surface area contributed by atoms with Gasteiger partial charge >= 0.3 is 0 Å². The summed E-state index contributed by atoms with van der Waals surface area (Å²) in [5, 5.41) is 3.23. The first kappa shape index (κ1) is 22.5. The highest BCUT2D eigenvalue weighted by Crippen LogP contribution is 2.33. The van der Waals surface area contributed by atoms with Crippen LogP contribution in [0.1, 0.15) is 36.1 Å². The number of anilines is 1. The van der Waals surface area contributed by atoms with Crippen LogP contribution < -0.4 is 9.62 Å². The topological polar surface area (TPSA) is 66.5 Å². The summed E-state index contributed by atoms with van der Waals surface area (Å²) >= 11 is 12.2. The Morgan fingerprint density at radius 3 is 2.43 bits per heavy atom. The summed E-state index contributed by atoms with van der Waals surface area (Å²) in [4.78, 5) is 12.7. The maximum atomic E-state index is 12.7. The number of rotatable bonds is 7. The van der Waals surface area contributed by atoms with Gasteiger partial charge in [0.15, 0.2) is 0 Å². The molecule has 8 heteroatoms. The number of aryl methyl sites for hydroxylation is 2. The monoisotopic (exact) mass is 442 g/mol. The molecule has 1 N–H and O–H groups in total. The molecule has 5 nitrogen and oxygen atoms in total. The molecule has 0 heterocycles. The van der Waals surface area contributed by atoms with Crippen molar-refractivity contribution in [1.82, 2.24) is 5.32 Å². The quantitative estimate of drug-likeness (QED) is 0.678. The summed E-state index contributed by atoms with van der Waals surface area (Å²) in [7, 11) is -3.74. The zero-order chi connectivity index (χ0) is 21.1. The van der Waals surface area contributed by atoms with Crippen molar-refractivity contribution < 1.29 is 13.2 Å². The van der Waals surface area contributed by atoms with Crippen LogP contribution >= 0.6 is 23.2 Å². The normalized spacial score (nSPS) is 12.5. The molecular weight excluding hydrogens is 419 g/mol. The maximum Gasteiger partial charge on any atom is 0.241 e. The molecule has 0 aromatic heterocycles. The van der Waals surface area contributed by atoms with Gasteiger partial charge in [-0.05, 0) is 43.5 Å². The third-order valence-electron chi connectivity index (χ3n) is 4.43. The summed E-state index contributed by atoms with van der Waals surface area (Å²) in [6.07, 6.45) is 1.70. The van der Waals surface area contributed by atoms with Crippen molar-refractivity contribution in [2.45, 2.75) is 33.2 Å². The number of carbonyl (C=O) groups excluding carboxylic acids is 1. The molecule has 2 rings (SSSR count). The van der Waals surface area contributed by atoms with E-state index >= 15 is 0 Å². The zero-order valence-electron chi connectivity index (χ0n) is 16.3. The van der Waals surface area contributed by atoms with E-state index in [1.54, 1.807) is 12.1 Å². The molecule has 0 saturated carbocycles. The first-order valence-corrected chi connectivity index (χ1v) is 11.4. The van der Waals surface area contributed by atoms with Crippen LogP contribution in [0, 0.1) is 13.8 Å². The van der Waals surface area contributed by atoms with Gasteiger partial charge in [-0.3, -0.25) is 9.10 Å². The molecule has 0 unspecified atom stereocenters. The third-order valence-corrected chi connectivity index (χ3v) is 6.37. The average Bonchev–Trinajstić information content (AvgIpc) is 2.60. The number of halogens is 2. The Balaban J connectivity index is 2.27. The molecule has 1 amide bonds. The largest absolute Gasteiger partial charge is 0.348 e. The summed E-state index contributed by atoms with van der Waals surface area (Å²) in [6.45, 7) is 5.58. The molecular formula is C20H24Cl2N2O3S. The van der Waals surface area contributed by atoms with E-state index in [9.17, 15) is 13.2 Å². The Labute approximate surface area is 176 Å². The lowest BCUT2D eigenvalue weighted by atomic mass is 9.97. The molecule has 1 atom stereocenters. The van der Waals surface area contributed by atoms with E-state index in [1.807, 2.05) is 32.9 Å². The van der Waals surface area contributed by atoms with Gasteiger partial charge in [-0.1, -0.05) is 60.0 Å². The molecule has 0 saturated heterocycles. The predicted molar refractivity (Wildman–Crippen MR) is 116 cm³/mol. The molecule has 0 aliphatic heterocycles. The van der Waals surface area contributed by atoms with Crippen LogP contribution in [0.5, 0.6) is 0 Å². The van der Waals surface area contributed by atoms with Gasteiger partial charge in [-0.2, -0.15) is 0 Å². The van der Waals surface area contributed by atoms with Gasteiger partial charge in [0.05, 0.1) is 28.0 Å². The van der Waals surface area contributed by atoms with Crippen molar-refractivity contribution in [3.8, 4) is 0 Å².